The second-order valence-corrected chi connectivity index (χ2v) is 7.02. The molecule has 0 bridgehead atoms. The van der Waals surface area contributed by atoms with Crippen LogP contribution in [0, 0.1) is 17.1 Å². The SMILES string of the molecule is CCOc1cc(/C=C(/C#N)c2ccccc2F)cc(Cl)c1OCC(=O)Nc1ccccc1. The average Bonchev–Trinajstić information content (AvgIpc) is 2.78. The Bertz CT molecular complexity index is 1170. The number of carbonyl (C=O) groups is 1. The monoisotopic (exact) mass is 450 g/mol. The van der Waals surface area contributed by atoms with Gasteiger partial charge in [-0.25, -0.2) is 4.39 Å². The Morgan fingerprint density at radius 2 is 1.84 bits per heavy atom. The number of carbonyl (C=O) groups excluding carboxylic acids is 1. The first-order valence-corrected chi connectivity index (χ1v) is 10.2. The number of nitrogens with zero attached hydrogens (tertiary/aromatic N) is 1. The van der Waals surface area contributed by atoms with Crippen molar-refractivity contribution in [1.82, 2.24) is 0 Å². The summed E-state index contributed by atoms with van der Waals surface area (Å²) in [5.41, 5.74) is 1.49. The number of nitriles is 1. The van der Waals surface area contributed by atoms with Gasteiger partial charge in [0.15, 0.2) is 18.1 Å². The van der Waals surface area contributed by atoms with E-state index in [1.165, 1.54) is 18.2 Å². The lowest BCUT2D eigenvalue weighted by atomic mass is 10.0. The maximum absolute atomic E-state index is 14.1. The molecule has 7 heteroatoms. The molecule has 0 radical (unpaired) electrons. The number of nitrogens with one attached hydrogen (secondary N) is 1. The van der Waals surface area contributed by atoms with E-state index in [2.05, 4.69) is 5.32 Å². The van der Waals surface area contributed by atoms with E-state index >= 15 is 0 Å². The number of para-hydroxylation sites is 1. The fourth-order valence-corrected chi connectivity index (χ4v) is 3.22. The third kappa shape index (κ3) is 5.87. The zero-order chi connectivity index (χ0) is 22.9. The highest BCUT2D eigenvalue weighted by Gasteiger charge is 2.15. The number of hydrogen-bond donors (Lipinski definition) is 1. The summed E-state index contributed by atoms with van der Waals surface area (Å²) in [7, 11) is 0. The smallest absolute Gasteiger partial charge is 0.262 e. The molecule has 0 aromatic heterocycles. The first kappa shape index (κ1) is 22.9. The van der Waals surface area contributed by atoms with Crippen LogP contribution in [0.25, 0.3) is 11.6 Å². The number of allylic oxidation sites excluding steroid dienone is 1. The van der Waals surface area contributed by atoms with Crippen molar-refractivity contribution in [2.24, 2.45) is 0 Å². The highest BCUT2D eigenvalue weighted by molar-refractivity contribution is 6.32. The minimum absolute atomic E-state index is 0.137. The zero-order valence-corrected chi connectivity index (χ0v) is 18.0. The van der Waals surface area contributed by atoms with Crippen LogP contribution in [-0.2, 0) is 4.79 Å². The van der Waals surface area contributed by atoms with Crippen LogP contribution in [0.4, 0.5) is 10.1 Å². The van der Waals surface area contributed by atoms with Gasteiger partial charge in [-0.05, 0) is 48.9 Å². The summed E-state index contributed by atoms with van der Waals surface area (Å²) in [4.78, 5) is 12.2. The summed E-state index contributed by atoms with van der Waals surface area (Å²) < 4.78 is 25.4. The van der Waals surface area contributed by atoms with Crippen LogP contribution in [0.15, 0.2) is 66.7 Å². The topological polar surface area (TPSA) is 71.3 Å². The standard InChI is InChI=1S/C25H20ClFN2O3/c1-2-31-23-14-17(12-18(15-28)20-10-6-7-11-22(20)27)13-21(26)25(23)32-16-24(30)29-19-8-4-3-5-9-19/h3-14H,2,16H2,1H3,(H,29,30)/b18-12-. The van der Waals surface area contributed by atoms with Crippen molar-refractivity contribution in [2.45, 2.75) is 6.92 Å². The van der Waals surface area contributed by atoms with Crippen molar-refractivity contribution in [2.75, 3.05) is 18.5 Å². The summed E-state index contributed by atoms with van der Waals surface area (Å²) in [6.07, 6.45) is 1.51. The van der Waals surface area contributed by atoms with Crippen LogP contribution < -0.4 is 14.8 Å². The Morgan fingerprint density at radius 3 is 2.53 bits per heavy atom. The predicted octanol–water partition coefficient (Wildman–Crippen LogP) is 5.96. The number of rotatable bonds is 8. The first-order valence-electron chi connectivity index (χ1n) is 9.82. The molecule has 0 heterocycles. The molecule has 0 atom stereocenters. The molecule has 32 heavy (non-hydrogen) atoms. The van der Waals surface area contributed by atoms with E-state index in [4.69, 9.17) is 21.1 Å². The van der Waals surface area contributed by atoms with E-state index in [1.54, 1.807) is 43.3 Å². The summed E-state index contributed by atoms with van der Waals surface area (Å²) in [6.45, 7) is 1.85. The Hall–Kier alpha value is -3.82. The lowest BCUT2D eigenvalue weighted by Crippen LogP contribution is -2.20. The Morgan fingerprint density at radius 1 is 1.12 bits per heavy atom. The van der Waals surface area contributed by atoms with E-state index in [-0.39, 0.29) is 34.4 Å². The average molecular weight is 451 g/mol. The van der Waals surface area contributed by atoms with Gasteiger partial charge in [-0.1, -0.05) is 48.0 Å². The highest BCUT2D eigenvalue weighted by atomic mass is 35.5. The van der Waals surface area contributed by atoms with Crippen molar-refractivity contribution < 1.29 is 18.7 Å². The molecule has 3 rings (SSSR count). The number of hydrogen-bond acceptors (Lipinski definition) is 4. The number of halogens is 2. The quantitative estimate of drug-likeness (QED) is 0.339. The number of amides is 1. The van der Waals surface area contributed by atoms with E-state index < -0.39 is 5.82 Å². The highest BCUT2D eigenvalue weighted by Crippen LogP contribution is 2.38. The second kappa shape index (κ2) is 11.0. The van der Waals surface area contributed by atoms with Gasteiger partial charge in [-0.2, -0.15) is 5.26 Å². The molecule has 0 aliphatic heterocycles. The third-order valence-electron chi connectivity index (χ3n) is 4.33. The van der Waals surface area contributed by atoms with E-state index in [0.717, 1.165) is 0 Å². The van der Waals surface area contributed by atoms with Crippen LogP contribution in [0.2, 0.25) is 5.02 Å². The maximum Gasteiger partial charge on any atom is 0.262 e. The number of benzene rings is 3. The summed E-state index contributed by atoms with van der Waals surface area (Å²) >= 11 is 6.39. The van der Waals surface area contributed by atoms with Gasteiger partial charge >= 0.3 is 0 Å². The number of ether oxygens (including phenoxy) is 2. The second-order valence-electron chi connectivity index (χ2n) is 6.62. The van der Waals surface area contributed by atoms with Gasteiger partial charge in [0.2, 0.25) is 0 Å². The van der Waals surface area contributed by atoms with E-state index in [9.17, 15) is 14.4 Å². The Balaban J connectivity index is 1.84. The van der Waals surface area contributed by atoms with Crippen LogP contribution in [0.5, 0.6) is 11.5 Å². The Kier molecular flexibility index (Phi) is 7.85. The van der Waals surface area contributed by atoms with Gasteiger partial charge in [0.25, 0.3) is 5.91 Å². The first-order chi connectivity index (χ1) is 15.5. The normalized spacial score (nSPS) is 10.9. The molecule has 1 N–H and O–H groups in total. The molecule has 0 aliphatic rings. The van der Waals surface area contributed by atoms with Crippen LogP contribution in [0.3, 0.4) is 0 Å². The fourth-order valence-electron chi connectivity index (χ4n) is 2.95. The third-order valence-corrected chi connectivity index (χ3v) is 4.61. The number of anilines is 1. The molecule has 0 spiro atoms. The lowest BCUT2D eigenvalue weighted by Gasteiger charge is -2.14. The molecule has 3 aromatic carbocycles. The molecule has 0 aliphatic carbocycles. The van der Waals surface area contributed by atoms with Gasteiger partial charge < -0.3 is 14.8 Å². The molecule has 0 fully saturated rings. The predicted molar refractivity (Wildman–Crippen MR) is 123 cm³/mol. The van der Waals surface area contributed by atoms with Gasteiger partial charge in [0, 0.05) is 11.3 Å². The van der Waals surface area contributed by atoms with Crippen LogP contribution >= 0.6 is 11.6 Å². The molecule has 162 valence electrons. The van der Waals surface area contributed by atoms with Crippen LogP contribution in [-0.4, -0.2) is 19.1 Å². The summed E-state index contributed by atoms with van der Waals surface area (Å²) in [5, 5.41) is 12.4. The molecular formula is C25H20ClFN2O3. The minimum atomic E-state index is -0.499. The van der Waals surface area contributed by atoms with Crippen molar-refractivity contribution in [1.29, 1.82) is 5.26 Å². The zero-order valence-electron chi connectivity index (χ0n) is 17.3. The van der Waals surface area contributed by atoms with Gasteiger partial charge in [-0.3, -0.25) is 4.79 Å². The molecule has 0 unspecified atom stereocenters. The molecule has 0 saturated carbocycles. The fraction of sp³-hybridized carbons (Fsp3) is 0.120. The van der Waals surface area contributed by atoms with Crippen molar-refractivity contribution in [3.63, 3.8) is 0 Å². The molecule has 3 aromatic rings. The van der Waals surface area contributed by atoms with Gasteiger partial charge in [0.1, 0.15) is 5.82 Å². The summed E-state index contributed by atoms with van der Waals surface area (Å²) in [6, 6.07) is 20.2. The maximum atomic E-state index is 14.1. The van der Waals surface area contributed by atoms with Crippen molar-refractivity contribution >= 4 is 34.8 Å². The summed E-state index contributed by atoms with van der Waals surface area (Å²) in [5.74, 6) is -0.339. The van der Waals surface area contributed by atoms with Crippen molar-refractivity contribution in [3.8, 4) is 17.6 Å². The van der Waals surface area contributed by atoms with E-state index in [0.29, 0.717) is 23.6 Å². The largest absolute Gasteiger partial charge is 0.490 e. The lowest BCUT2D eigenvalue weighted by molar-refractivity contribution is -0.118. The van der Waals surface area contributed by atoms with Crippen molar-refractivity contribution in [3.05, 3.63) is 88.7 Å². The molecule has 5 nitrogen and oxygen atoms in total. The minimum Gasteiger partial charge on any atom is -0.490 e. The van der Waals surface area contributed by atoms with Gasteiger partial charge in [-0.15, -0.1) is 0 Å². The van der Waals surface area contributed by atoms with E-state index in [1.807, 2.05) is 24.3 Å². The molecule has 1 amide bonds. The van der Waals surface area contributed by atoms with Gasteiger partial charge in [0.05, 0.1) is 23.3 Å². The van der Waals surface area contributed by atoms with Crippen LogP contribution in [0.1, 0.15) is 18.1 Å². The Labute approximate surface area is 190 Å². The molecule has 0 saturated heterocycles. The molecular weight excluding hydrogens is 431 g/mol.